The number of methoxy groups -OCH3 is 2. The van der Waals surface area contributed by atoms with Crippen LogP contribution in [0.4, 0.5) is 14.5 Å². The molecule has 1 amide bonds. The molecule has 0 aromatic heterocycles. The molecule has 0 bridgehead atoms. The molecule has 0 aliphatic carbocycles. The van der Waals surface area contributed by atoms with Crippen LogP contribution >= 0.6 is 0 Å². The molecule has 5 nitrogen and oxygen atoms in total. The minimum absolute atomic E-state index is 0.120. The van der Waals surface area contributed by atoms with Gasteiger partial charge >= 0.3 is 6.61 Å². The predicted octanol–water partition coefficient (Wildman–Crippen LogP) is 3.56. The molecule has 0 heterocycles. The Balaban J connectivity index is 2.26. The first kappa shape index (κ1) is 16.5. The van der Waals surface area contributed by atoms with Crippen molar-refractivity contribution < 1.29 is 27.8 Å². The standard InChI is InChI=1S/C16H15F2NO4/c1-21-11-7-10(8-12(9-11)22-2)15(20)19-13-5-3-4-6-14(13)23-16(17)18/h3-9,16H,1-2H3,(H,19,20). The van der Waals surface area contributed by atoms with E-state index in [0.717, 1.165) is 0 Å². The topological polar surface area (TPSA) is 56.8 Å². The number of ether oxygens (including phenoxy) is 3. The maximum absolute atomic E-state index is 12.4. The van der Waals surface area contributed by atoms with Crippen LogP contribution in [0.3, 0.4) is 0 Å². The van der Waals surface area contributed by atoms with E-state index in [1.165, 1.54) is 44.6 Å². The third-order valence-electron chi connectivity index (χ3n) is 2.96. The van der Waals surface area contributed by atoms with Gasteiger partial charge in [0.15, 0.2) is 0 Å². The fourth-order valence-corrected chi connectivity index (χ4v) is 1.90. The number of benzene rings is 2. The zero-order valence-electron chi connectivity index (χ0n) is 12.5. The summed E-state index contributed by atoms with van der Waals surface area (Å²) in [6, 6.07) is 10.6. The first-order valence-electron chi connectivity index (χ1n) is 6.61. The number of amides is 1. The largest absolute Gasteiger partial charge is 0.497 e. The fourth-order valence-electron chi connectivity index (χ4n) is 1.90. The molecule has 0 aliphatic rings. The van der Waals surface area contributed by atoms with Gasteiger partial charge in [0, 0.05) is 11.6 Å². The Labute approximate surface area is 131 Å². The second kappa shape index (κ2) is 7.44. The molecule has 23 heavy (non-hydrogen) atoms. The van der Waals surface area contributed by atoms with Crippen molar-refractivity contribution in [2.45, 2.75) is 6.61 Å². The molecule has 0 atom stereocenters. The zero-order valence-corrected chi connectivity index (χ0v) is 12.5. The molecule has 2 aromatic carbocycles. The molecule has 2 aromatic rings. The van der Waals surface area contributed by atoms with E-state index in [-0.39, 0.29) is 17.0 Å². The number of carbonyl (C=O) groups is 1. The molecule has 0 radical (unpaired) electrons. The number of hydrogen-bond acceptors (Lipinski definition) is 4. The van der Waals surface area contributed by atoms with Gasteiger partial charge in [-0.25, -0.2) is 0 Å². The van der Waals surface area contributed by atoms with Gasteiger partial charge in [-0.2, -0.15) is 8.78 Å². The Bertz CT molecular complexity index is 669. The second-order valence-corrected chi connectivity index (χ2v) is 4.43. The van der Waals surface area contributed by atoms with Crippen LogP contribution < -0.4 is 19.5 Å². The van der Waals surface area contributed by atoms with Crippen molar-refractivity contribution in [2.24, 2.45) is 0 Å². The molecule has 2 rings (SSSR count). The summed E-state index contributed by atoms with van der Waals surface area (Å²) < 4.78 is 39.3. The van der Waals surface area contributed by atoms with Crippen molar-refractivity contribution in [3.8, 4) is 17.2 Å². The summed E-state index contributed by atoms with van der Waals surface area (Å²) in [5, 5.41) is 2.53. The van der Waals surface area contributed by atoms with Gasteiger partial charge in [-0.1, -0.05) is 12.1 Å². The Hall–Kier alpha value is -2.83. The maximum atomic E-state index is 12.4. The van der Waals surface area contributed by atoms with Crippen molar-refractivity contribution >= 4 is 11.6 Å². The Morgan fingerprint density at radius 1 is 1.04 bits per heavy atom. The van der Waals surface area contributed by atoms with Crippen LogP contribution in [0.5, 0.6) is 17.2 Å². The number of nitrogens with one attached hydrogen (secondary N) is 1. The van der Waals surface area contributed by atoms with Gasteiger partial charge in [-0.15, -0.1) is 0 Å². The number of hydrogen-bond donors (Lipinski definition) is 1. The average Bonchev–Trinajstić information content (AvgIpc) is 2.55. The third-order valence-corrected chi connectivity index (χ3v) is 2.96. The van der Waals surface area contributed by atoms with Crippen molar-refractivity contribution in [3.63, 3.8) is 0 Å². The highest BCUT2D eigenvalue weighted by molar-refractivity contribution is 6.05. The van der Waals surface area contributed by atoms with E-state index in [1.807, 2.05) is 0 Å². The van der Waals surface area contributed by atoms with Crippen LogP contribution in [0.25, 0.3) is 0 Å². The van der Waals surface area contributed by atoms with Gasteiger partial charge in [0.05, 0.1) is 19.9 Å². The van der Waals surface area contributed by atoms with E-state index in [1.54, 1.807) is 12.1 Å². The Morgan fingerprint density at radius 2 is 1.65 bits per heavy atom. The lowest BCUT2D eigenvalue weighted by atomic mass is 10.1. The lowest BCUT2D eigenvalue weighted by Crippen LogP contribution is -2.14. The van der Waals surface area contributed by atoms with Gasteiger partial charge in [-0.05, 0) is 24.3 Å². The maximum Gasteiger partial charge on any atom is 0.387 e. The molecule has 0 unspecified atom stereocenters. The molecule has 0 fully saturated rings. The Kier molecular flexibility index (Phi) is 5.35. The lowest BCUT2D eigenvalue weighted by Gasteiger charge is -2.12. The van der Waals surface area contributed by atoms with Crippen LogP contribution in [0.1, 0.15) is 10.4 Å². The number of alkyl halides is 2. The van der Waals surface area contributed by atoms with E-state index >= 15 is 0 Å². The smallest absolute Gasteiger partial charge is 0.387 e. The van der Waals surface area contributed by atoms with Crippen LogP contribution in [0, 0.1) is 0 Å². The highest BCUT2D eigenvalue weighted by Crippen LogP contribution is 2.27. The summed E-state index contributed by atoms with van der Waals surface area (Å²) in [7, 11) is 2.92. The molecular formula is C16H15F2NO4. The summed E-state index contributed by atoms with van der Waals surface area (Å²) >= 11 is 0. The molecule has 0 saturated heterocycles. The van der Waals surface area contributed by atoms with Gasteiger partial charge in [0.25, 0.3) is 5.91 Å². The minimum Gasteiger partial charge on any atom is -0.497 e. The van der Waals surface area contributed by atoms with Gasteiger partial charge in [-0.3, -0.25) is 4.79 Å². The fraction of sp³-hybridized carbons (Fsp3) is 0.188. The summed E-state index contributed by atoms with van der Waals surface area (Å²) in [5.41, 5.74) is 0.396. The lowest BCUT2D eigenvalue weighted by molar-refractivity contribution is -0.0493. The summed E-state index contributed by atoms with van der Waals surface area (Å²) in [4.78, 5) is 12.3. The van der Waals surface area contributed by atoms with E-state index < -0.39 is 12.5 Å². The third kappa shape index (κ3) is 4.32. The highest BCUT2D eigenvalue weighted by atomic mass is 19.3. The minimum atomic E-state index is -2.98. The first-order valence-corrected chi connectivity index (χ1v) is 6.61. The van der Waals surface area contributed by atoms with Crippen LogP contribution in [-0.4, -0.2) is 26.7 Å². The van der Waals surface area contributed by atoms with Crippen LogP contribution in [-0.2, 0) is 0 Å². The summed E-state index contributed by atoms with van der Waals surface area (Å²) in [6.07, 6.45) is 0. The SMILES string of the molecule is COc1cc(OC)cc(C(=O)Nc2ccccc2OC(F)F)c1. The van der Waals surface area contributed by atoms with Crippen LogP contribution in [0.15, 0.2) is 42.5 Å². The second-order valence-electron chi connectivity index (χ2n) is 4.43. The normalized spacial score (nSPS) is 10.3. The van der Waals surface area contributed by atoms with Crippen molar-refractivity contribution in [3.05, 3.63) is 48.0 Å². The quantitative estimate of drug-likeness (QED) is 0.883. The monoisotopic (exact) mass is 323 g/mol. The predicted molar refractivity (Wildman–Crippen MR) is 80.6 cm³/mol. The van der Waals surface area contributed by atoms with Gasteiger partial charge in [0.2, 0.25) is 0 Å². The molecule has 1 N–H and O–H groups in total. The first-order chi connectivity index (χ1) is 11.0. The summed E-state index contributed by atoms with van der Waals surface area (Å²) in [6.45, 7) is -2.98. The van der Waals surface area contributed by atoms with E-state index in [9.17, 15) is 13.6 Å². The molecule has 0 spiro atoms. The van der Waals surface area contributed by atoms with Crippen molar-refractivity contribution in [2.75, 3.05) is 19.5 Å². The van der Waals surface area contributed by atoms with Gasteiger partial charge < -0.3 is 19.5 Å². The average molecular weight is 323 g/mol. The molecular weight excluding hydrogens is 308 g/mol. The van der Waals surface area contributed by atoms with E-state index in [0.29, 0.717) is 11.5 Å². The zero-order chi connectivity index (χ0) is 16.8. The van der Waals surface area contributed by atoms with Crippen molar-refractivity contribution in [1.82, 2.24) is 0 Å². The molecule has 122 valence electrons. The highest BCUT2D eigenvalue weighted by Gasteiger charge is 2.14. The number of para-hydroxylation sites is 2. The molecule has 0 saturated carbocycles. The number of halogens is 2. The van der Waals surface area contributed by atoms with E-state index in [4.69, 9.17) is 9.47 Å². The Morgan fingerprint density at radius 3 is 2.22 bits per heavy atom. The van der Waals surface area contributed by atoms with Gasteiger partial charge in [0.1, 0.15) is 17.2 Å². The van der Waals surface area contributed by atoms with E-state index in [2.05, 4.69) is 10.1 Å². The molecule has 0 aliphatic heterocycles. The molecule has 7 heteroatoms. The number of carbonyl (C=O) groups excluding carboxylic acids is 1. The van der Waals surface area contributed by atoms with Crippen molar-refractivity contribution in [1.29, 1.82) is 0 Å². The number of rotatable bonds is 6. The summed E-state index contributed by atoms with van der Waals surface area (Å²) in [5.74, 6) is 0.247. The number of anilines is 1. The van der Waals surface area contributed by atoms with Crippen LogP contribution in [0.2, 0.25) is 0 Å².